The first-order chi connectivity index (χ1) is 12.2. The quantitative estimate of drug-likeness (QED) is 0.881. The van der Waals surface area contributed by atoms with Crippen LogP contribution in [0.25, 0.3) is 10.6 Å². The number of aromatic nitrogens is 2. The molecule has 134 valence electrons. The molecular weight excluding hydrogens is 356 g/mol. The first kappa shape index (κ1) is 17.1. The van der Waals surface area contributed by atoms with Gasteiger partial charge in [0.15, 0.2) is 0 Å². The maximum atomic E-state index is 13.1. The number of aromatic amines is 1. The van der Waals surface area contributed by atoms with Gasteiger partial charge in [-0.05, 0) is 31.4 Å². The summed E-state index contributed by atoms with van der Waals surface area (Å²) in [5.74, 6) is 0.0709. The van der Waals surface area contributed by atoms with Gasteiger partial charge in [-0.15, -0.1) is 11.3 Å². The van der Waals surface area contributed by atoms with Crippen LogP contribution >= 0.6 is 22.9 Å². The van der Waals surface area contributed by atoms with Gasteiger partial charge in [0.05, 0.1) is 26.7 Å². The Hall–Kier alpha value is -1.37. The van der Waals surface area contributed by atoms with Crippen molar-refractivity contribution in [2.24, 2.45) is 0 Å². The van der Waals surface area contributed by atoms with Crippen molar-refractivity contribution in [3.63, 3.8) is 0 Å². The highest BCUT2D eigenvalue weighted by molar-refractivity contribution is 7.19. The zero-order valence-electron chi connectivity index (χ0n) is 14.2. The van der Waals surface area contributed by atoms with Crippen molar-refractivity contribution >= 4 is 28.8 Å². The third kappa shape index (κ3) is 3.61. The van der Waals surface area contributed by atoms with Gasteiger partial charge in [-0.1, -0.05) is 24.4 Å². The van der Waals surface area contributed by atoms with Crippen molar-refractivity contribution in [1.29, 1.82) is 0 Å². The summed E-state index contributed by atoms with van der Waals surface area (Å²) in [6.45, 7) is 3.70. The molecule has 0 aromatic carbocycles. The van der Waals surface area contributed by atoms with E-state index in [9.17, 15) is 4.79 Å². The fourth-order valence-electron chi connectivity index (χ4n) is 4.03. The molecule has 1 aliphatic heterocycles. The third-order valence-electron chi connectivity index (χ3n) is 5.35. The van der Waals surface area contributed by atoms with Crippen LogP contribution in [0.15, 0.2) is 18.3 Å². The summed E-state index contributed by atoms with van der Waals surface area (Å²) in [5, 5.41) is 7.07. The van der Waals surface area contributed by atoms with Crippen molar-refractivity contribution < 1.29 is 4.79 Å². The maximum Gasteiger partial charge on any atom is 0.257 e. The molecule has 0 radical (unpaired) electrons. The molecule has 25 heavy (non-hydrogen) atoms. The van der Waals surface area contributed by atoms with Crippen LogP contribution in [0, 0.1) is 0 Å². The molecule has 0 atom stereocenters. The number of nitrogens with one attached hydrogen (secondary N) is 1. The molecule has 1 saturated carbocycles. The van der Waals surface area contributed by atoms with Crippen LogP contribution in [-0.2, 0) is 0 Å². The average molecular weight is 379 g/mol. The minimum absolute atomic E-state index is 0.0709. The molecule has 1 amide bonds. The fraction of sp³-hybridized carbons (Fsp3) is 0.556. The molecule has 0 bridgehead atoms. The Labute approximate surface area is 157 Å². The highest BCUT2D eigenvalue weighted by Gasteiger charge is 2.28. The van der Waals surface area contributed by atoms with Crippen LogP contribution in [-0.4, -0.2) is 58.1 Å². The van der Waals surface area contributed by atoms with Crippen molar-refractivity contribution in [1.82, 2.24) is 20.0 Å². The van der Waals surface area contributed by atoms with E-state index < -0.39 is 0 Å². The molecule has 1 saturated heterocycles. The molecule has 5 nitrogen and oxygen atoms in total. The predicted octanol–water partition coefficient (Wildman–Crippen LogP) is 3.88. The monoisotopic (exact) mass is 378 g/mol. The smallest absolute Gasteiger partial charge is 0.257 e. The molecule has 0 spiro atoms. The van der Waals surface area contributed by atoms with Gasteiger partial charge in [-0.3, -0.25) is 14.8 Å². The molecule has 2 fully saturated rings. The van der Waals surface area contributed by atoms with Crippen LogP contribution in [0.5, 0.6) is 0 Å². The van der Waals surface area contributed by atoms with E-state index in [2.05, 4.69) is 15.1 Å². The van der Waals surface area contributed by atoms with Crippen LogP contribution in [0.4, 0.5) is 0 Å². The Balaban J connectivity index is 1.47. The first-order valence-corrected chi connectivity index (χ1v) is 10.2. The number of amides is 1. The average Bonchev–Trinajstić information content (AvgIpc) is 3.33. The van der Waals surface area contributed by atoms with Crippen LogP contribution in [0.1, 0.15) is 42.5 Å². The molecule has 2 aromatic heterocycles. The summed E-state index contributed by atoms with van der Waals surface area (Å²) in [6.07, 6.45) is 8.03. The second-order valence-electron chi connectivity index (χ2n) is 6.88. The maximum absolute atomic E-state index is 13.1. The van der Waals surface area contributed by atoms with Crippen LogP contribution < -0.4 is 0 Å². The van der Waals surface area contributed by atoms with E-state index in [1.807, 2.05) is 17.0 Å². The second-order valence-corrected chi connectivity index (χ2v) is 8.60. The SMILES string of the molecule is O=C(c1cn[nH]c1-c1ccc(Cl)s1)N1CCCN(C2CCCC2)CC1. The molecule has 7 heteroatoms. The highest BCUT2D eigenvalue weighted by Crippen LogP contribution is 2.32. The summed E-state index contributed by atoms with van der Waals surface area (Å²) in [7, 11) is 0. The lowest BCUT2D eigenvalue weighted by Crippen LogP contribution is -2.38. The normalized spacial score (nSPS) is 20.1. The molecule has 1 N–H and O–H groups in total. The number of H-pyrrole nitrogens is 1. The van der Waals surface area contributed by atoms with Crippen molar-refractivity contribution in [2.75, 3.05) is 26.2 Å². The number of thiophene rings is 1. The van der Waals surface area contributed by atoms with Crippen molar-refractivity contribution in [3.05, 3.63) is 28.2 Å². The fourth-order valence-corrected chi connectivity index (χ4v) is 5.08. The van der Waals surface area contributed by atoms with E-state index in [0.29, 0.717) is 9.90 Å². The number of hydrogen-bond acceptors (Lipinski definition) is 4. The lowest BCUT2D eigenvalue weighted by atomic mass is 10.2. The largest absolute Gasteiger partial charge is 0.337 e. The number of carbonyl (C=O) groups excluding carboxylic acids is 1. The second kappa shape index (κ2) is 7.48. The van der Waals surface area contributed by atoms with E-state index in [4.69, 9.17) is 11.6 Å². The number of hydrogen-bond donors (Lipinski definition) is 1. The van der Waals surface area contributed by atoms with E-state index in [1.165, 1.54) is 37.0 Å². The minimum Gasteiger partial charge on any atom is -0.337 e. The number of carbonyl (C=O) groups is 1. The lowest BCUT2D eigenvalue weighted by Gasteiger charge is -2.27. The Bertz CT molecular complexity index is 737. The van der Waals surface area contributed by atoms with Crippen LogP contribution in [0.3, 0.4) is 0 Å². The van der Waals surface area contributed by atoms with E-state index in [1.54, 1.807) is 6.20 Å². The van der Waals surface area contributed by atoms with Crippen LogP contribution in [0.2, 0.25) is 4.34 Å². The molecule has 1 aliphatic carbocycles. The van der Waals surface area contributed by atoms with Gasteiger partial charge in [0, 0.05) is 32.2 Å². The van der Waals surface area contributed by atoms with E-state index in [0.717, 1.165) is 49.2 Å². The molecule has 4 rings (SSSR count). The van der Waals surface area contributed by atoms with Gasteiger partial charge in [-0.2, -0.15) is 5.10 Å². The zero-order valence-corrected chi connectivity index (χ0v) is 15.8. The van der Waals surface area contributed by atoms with E-state index in [-0.39, 0.29) is 5.91 Å². The van der Waals surface area contributed by atoms with Gasteiger partial charge in [0.25, 0.3) is 5.91 Å². The summed E-state index contributed by atoms with van der Waals surface area (Å²) in [4.78, 5) is 18.6. The molecule has 2 aromatic rings. The van der Waals surface area contributed by atoms with Gasteiger partial charge in [0.1, 0.15) is 0 Å². The Morgan fingerprint density at radius 1 is 1.16 bits per heavy atom. The van der Waals surface area contributed by atoms with Crippen molar-refractivity contribution in [2.45, 2.75) is 38.1 Å². The van der Waals surface area contributed by atoms with Gasteiger partial charge < -0.3 is 4.90 Å². The van der Waals surface area contributed by atoms with E-state index >= 15 is 0 Å². The summed E-state index contributed by atoms with van der Waals surface area (Å²) >= 11 is 7.50. The predicted molar refractivity (Wildman–Crippen MR) is 101 cm³/mol. The van der Waals surface area contributed by atoms with Gasteiger partial charge in [-0.25, -0.2) is 0 Å². The molecular formula is C18H23ClN4OS. The first-order valence-electron chi connectivity index (χ1n) is 9.05. The molecule has 3 heterocycles. The lowest BCUT2D eigenvalue weighted by molar-refractivity contribution is 0.0759. The van der Waals surface area contributed by atoms with Gasteiger partial charge >= 0.3 is 0 Å². The zero-order chi connectivity index (χ0) is 17.2. The summed E-state index contributed by atoms with van der Waals surface area (Å²) < 4.78 is 0.713. The number of halogens is 1. The Kier molecular flexibility index (Phi) is 5.10. The molecule has 2 aliphatic rings. The summed E-state index contributed by atoms with van der Waals surface area (Å²) in [6, 6.07) is 4.51. The topological polar surface area (TPSA) is 52.2 Å². The third-order valence-corrected chi connectivity index (χ3v) is 6.60. The highest BCUT2D eigenvalue weighted by atomic mass is 35.5. The Morgan fingerprint density at radius 3 is 2.76 bits per heavy atom. The minimum atomic E-state index is 0.0709. The Morgan fingerprint density at radius 2 is 2.00 bits per heavy atom. The summed E-state index contributed by atoms with van der Waals surface area (Å²) in [5.41, 5.74) is 1.42. The number of rotatable bonds is 3. The van der Waals surface area contributed by atoms with Crippen molar-refractivity contribution in [3.8, 4) is 10.6 Å². The molecule has 0 unspecified atom stereocenters. The standard InChI is InChI=1S/C18H23ClN4OS/c19-16-7-6-15(25-16)17-14(12-20-21-17)18(24)23-9-3-8-22(10-11-23)13-4-1-2-5-13/h6-7,12-13H,1-5,8-11H2,(H,20,21). The van der Waals surface area contributed by atoms with Gasteiger partial charge in [0.2, 0.25) is 0 Å². The number of nitrogens with zero attached hydrogens (tertiary/aromatic N) is 3.